The highest BCUT2D eigenvalue weighted by Gasteiger charge is 2.05. The van der Waals surface area contributed by atoms with Gasteiger partial charge in [-0.25, -0.2) is 0 Å². The van der Waals surface area contributed by atoms with Crippen LogP contribution in [0, 0.1) is 6.92 Å². The first-order chi connectivity index (χ1) is 7.19. The van der Waals surface area contributed by atoms with Crippen LogP contribution >= 0.6 is 0 Å². The number of rotatable bonds is 4. The van der Waals surface area contributed by atoms with Crippen molar-refractivity contribution in [3.63, 3.8) is 0 Å². The highest BCUT2D eigenvalue weighted by molar-refractivity contribution is 5.95. The largest absolute Gasteiger partial charge is 0.385 e. The molecule has 2 N–H and O–H groups in total. The van der Waals surface area contributed by atoms with E-state index in [0.717, 1.165) is 24.2 Å². The van der Waals surface area contributed by atoms with Crippen molar-refractivity contribution >= 4 is 11.6 Å². The standard InChI is InChI=1S/C12H18N2O/c1-4-7-14-11-8-10(12(15)13-3)6-5-9(11)2/h5-6,8,14H,4,7H2,1-3H3,(H,13,15). The lowest BCUT2D eigenvalue weighted by Crippen LogP contribution is -2.18. The molecule has 0 aromatic heterocycles. The molecule has 0 atom stereocenters. The molecule has 0 unspecified atom stereocenters. The van der Waals surface area contributed by atoms with Crippen molar-refractivity contribution < 1.29 is 4.79 Å². The van der Waals surface area contributed by atoms with E-state index in [-0.39, 0.29) is 5.91 Å². The van der Waals surface area contributed by atoms with Gasteiger partial charge in [0, 0.05) is 24.8 Å². The van der Waals surface area contributed by atoms with Gasteiger partial charge in [-0.1, -0.05) is 13.0 Å². The van der Waals surface area contributed by atoms with Crippen molar-refractivity contribution in [1.82, 2.24) is 5.32 Å². The normalized spacial score (nSPS) is 9.80. The number of anilines is 1. The van der Waals surface area contributed by atoms with Gasteiger partial charge in [0.2, 0.25) is 0 Å². The maximum Gasteiger partial charge on any atom is 0.251 e. The van der Waals surface area contributed by atoms with E-state index in [2.05, 4.69) is 17.6 Å². The van der Waals surface area contributed by atoms with Gasteiger partial charge < -0.3 is 10.6 Å². The van der Waals surface area contributed by atoms with Crippen molar-refractivity contribution in [2.45, 2.75) is 20.3 Å². The van der Waals surface area contributed by atoms with Gasteiger partial charge >= 0.3 is 0 Å². The molecule has 3 nitrogen and oxygen atoms in total. The maximum atomic E-state index is 11.4. The van der Waals surface area contributed by atoms with Crippen LogP contribution < -0.4 is 10.6 Å². The lowest BCUT2D eigenvalue weighted by atomic mass is 10.1. The van der Waals surface area contributed by atoms with E-state index in [1.807, 2.05) is 25.1 Å². The Bertz CT molecular complexity index is 347. The lowest BCUT2D eigenvalue weighted by Gasteiger charge is -2.10. The molecule has 1 rings (SSSR count). The van der Waals surface area contributed by atoms with Crippen LogP contribution in [0.2, 0.25) is 0 Å². The molecule has 0 fully saturated rings. The summed E-state index contributed by atoms with van der Waals surface area (Å²) in [5.74, 6) is -0.0467. The van der Waals surface area contributed by atoms with Gasteiger partial charge in [0.15, 0.2) is 0 Å². The Morgan fingerprint density at radius 3 is 2.73 bits per heavy atom. The number of benzene rings is 1. The van der Waals surface area contributed by atoms with Crippen LogP contribution in [-0.2, 0) is 0 Å². The molecular formula is C12H18N2O. The molecule has 0 heterocycles. The third-order valence-corrected chi connectivity index (χ3v) is 2.29. The van der Waals surface area contributed by atoms with E-state index in [0.29, 0.717) is 5.56 Å². The summed E-state index contributed by atoms with van der Waals surface area (Å²) in [5.41, 5.74) is 2.90. The van der Waals surface area contributed by atoms with E-state index in [1.165, 1.54) is 0 Å². The fraction of sp³-hybridized carbons (Fsp3) is 0.417. The molecule has 3 heteroatoms. The lowest BCUT2D eigenvalue weighted by molar-refractivity contribution is 0.0963. The smallest absolute Gasteiger partial charge is 0.251 e. The Labute approximate surface area is 90.9 Å². The summed E-state index contributed by atoms with van der Waals surface area (Å²) in [6.07, 6.45) is 1.07. The average molecular weight is 206 g/mol. The molecule has 1 aromatic carbocycles. The average Bonchev–Trinajstić information content (AvgIpc) is 2.27. The van der Waals surface area contributed by atoms with Crippen LogP contribution in [0.25, 0.3) is 0 Å². The molecule has 0 aliphatic carbocycles. The molecule has 0 aliphatic rings. The Balaban J connectivity index is 2.89. The Kier molecular flexibility index (Phi) is 4.16. The van der Waals surface area contributed by atoms with E-state index < -0.39 is 0 Å². The topological polar surface area (TPSA) is 41.1 Å². The van der Waals surface area contributed by atoms with Crippen LogP contribution in [0.5, 0.6) is 0 Å². The van der Waals surface area contributed by atoms with Crippen LogP contribution in [0.4, 0.5) is 5.69 Å². The number of amides is 1. The predicted molar refractivity (Wildman–Crippen MR) is 63.3 cm³/mol. The number of carbonyl (C=O) groups is 1. The molecular weight excluding hydrogens is 188 g/mol. The monoisotopic (exact) mass is 206 g/mol. The van der Waals surface area contributed by atoms with Crippen LogP contribution in [0.3, 0.4) is 0 Å². The third-order valence-electron chi connectivity index (χ3n) is 2.29. The summed E-state index contributed by atoms with van der Waals surface area (Å²) >= 11 is 0. The molecule has 0 radical (unpaired) electrons. The molecule has 0 saturated carbocycles. The number of hydrogen-bond acceptors (Lipinski definition) is 2. The molecule has 1 aromatic rings. The zero-order chi connectivity index (χ0) is 11.3. The number of aryl methyl sites for hydroxylation is 1. The number of hydrogen-bond donors (Lipinski definition) is 2. The molecule has 0 spiro atoms. The first kappa shape index (κ1) is 11.6. The van der Waals surface area contributed by atoms with Crippen LogP contribution in [-0.4, -0.2) is 19.5 Å². The van der Waals surface area contributed by atoms with Gasteiger partial charge in [-0.3, -0.25) is 4.79 Å². The molecule has 82 valence electrons. The summed E-state index contributed by atoms with van der Waals surface area (Å²) in [6, 6.07) is 5.69. The first-order valence-electron chi connectivity index (χ1n) is 5.25. The van der Waals surface area contributed by atoms with Crippen molar-refractivity contribution in [3.05, 3.63) is 29.3 Å². The predicted octanol–water partition coefficient (Wildman–Crippen LogP) is 2.18. The van der Waals surface area contributed by atoms with Crippen LogP contribution in [0.15, 0.2) is 18.2 Å². The summed E-state index contributed by atoms with van der Waals surface area (Å²) < 4.78 is 0. The summed E-state index contributed by atoms with van der Waals surface area (Å²) in [5, 5.41) is 5.92. The molecule has 0 bridgehead atoms. The first-order valence-corrected chi connectivity index (χ1v) is 5.25. The van der Waals surface area contributed by atoms with Gasteiger partial charge in [0.1, 0.15) is 0 Å². The van der Waals surface area contributed by atoms with Gasteiger partial charge in [0.25, 0.3) is 5.91 Å². The van der Waals surface area contributed by atoms with Crippen molar-refractivity contribution in [3.8, 4) is 0 Å². The fourth-order valence-electron chi connectivity index (χ4n) is 1.36. The number of nitrogens with one attached hydrogen (secondary N) is 2. The molecule has 15 heavy (non-hydrogen) atoms. The van der Waals surface area contributed by atoms with Crippen molar-refractivity contribution in [2.75, 3.05) is 18.9 Å². The van der Waals surface area contributed by atoms with Gasteiger partial charge in [-0.05, 0) is 31.0 Å². The summed E-state index contributed by atoms with van der Waals surface area (Å²) in [4.78, 5) is 11.4. The van der Waals surface area contributed by atoms with E-state index in [4.69, 9.17) is 0 Å². The van der Waals surface area contributed by atoms with Gasteiger partial charge in [-0.15, -0.1) is 0 Å². The molecule has 0 saturated heterocycles. The highest BCUT2D eigenvalue weighted by atomic mass is 16.1. The zero-order valence-corrected chi connectivity index (χ0v) is 9.55. The van der Waals surface area contributed by atoms with E-state index >= 15 is 0 Å². The Morgan fingerprint density at radius 2 is 2.13 bits per heavy atom. The third kappa shape index (κ3) is 2.98. The Morgan fingerprint density at radius 1 is 1.40 bits per heavy atom. The minimum Gasteiger partial charge on any atom is -0.385 e. The van der Waals surface area contributed by atoms with E-state index in [1.54, 1.807) is 7.05 Å². The quantitative estimate of drug-likeness (QED) is 0.792. The number of carbonyl (C=O) groups excluding carboxylic acids is 1. The van der Waals surface area contributed by atoms with Crippen LogP contribution in [0.1, 0.15) is 29.3 Å². The maximum absolute atomic E-state index is 11.4. The summed E-state index contributed by atoms with van der Waals surface area (Å²) in [6.45, 7) is 5.08. The van der Waals surface area contributed by atoms with Crippen molar-refractivity contribution in [1.29, 1.82) is 0 Å². The van der Waals surface area contributed by atoms with Gasteiger partial charge in [-0.2, -0.15) is 0 Å². The second-order valence-electron chi connectivity index (χ2n) is 3.54. The minimum atomic E-state index is -0.0467. The van der Waals surface area contributed by atoms with Gasteiger partial charge in [0.05, 0.1) is 0 Å². The van der Waals surface area contributed by atoms with Crippen molar-refractivity contribution in [2.24, 2.45) is 0 Å². The SMILES string of the molecule is CCCNc1cc(C(=O)NC)ccc1C. The zero-order valence-electron chi connectivity index (χ0n) is 9.55. The summed E-state index contributed by atoms with van der Waals surface area (Å²) in [7, 11) is 1.64. The minimum absolute atomic E-state index is 0.0467. The molecule has 0 aliphatic heterocycles. The fourth-order valence-corrected chi connectivity index (χ4v) is 1.36. The second kappa shape index (κ2) is 5.39. The van der Waals surface area contributed by atoms with E-state index in [9.17, 15) is 4.79 Å². The molecule has 1 amide bonds. The Hall–Kier alpha value is -1.51. The highest BCUT2D eigenvalue weighted by Crippen LogP contribution is 2.16. The second-order valence-corrected chi connectivity index (χ2v) is 3.54.